The number of carbonyl (C=O) groups is 1. The molecule has 0 N–H and O–H groups in total. The van der Waals surface area contributed by atoms with E-state index >= 15 is 0 Å². The minimum Gasteiger partial charge on any atom is -0.506 e. The molecule has 0 aliphatic rings. The first-order valence-electron chi connectivity index (χ1n) is 5.66. The standard InChI is InChI=1S/C14H11Cl2O2Si/c15-13(16)14(17)18-19(11-7-3-1-4-8-11)12-9-5-2-6-10-12/h1-10,13H. The van der Waals surface area contributed by atoms with E-state index in [1.807, 2.05) is 60.7 Å². The van der Waals surface area contributed by atoms with E-state index in [1.165, 1.54) is 0 Å². The Morgan fingerprint density at radius 3 is 1.68 bits per heavy atom. The SMILES string of the molecule is O=C(O[Si](c1ccccc1)c1ccccc1)C(Cl)Cl. The van der Waals surface area contributed by atoms with Crippen molar-refractivity contribution in [1.82, 2.24) is 0 Å². The molecule has 5 heteroatoms. The van der Waals surface area contributed by atoms with Crippen LogP contribution in [0.25, 0.3) is 0 Å². The molecule has 1 radical (unpaired) electrons. The lowest BCUT2D eigenvalue weighted by Crippen LogP contribution is -2.47. The van der Waals surface area contributed by atoms with Gasteiger partial charge in [0.05, 0.1) is 0 Å². The van der Waals surface area contributed by atoms with Crippen LogP contribution >= 0.6 is 23.2 Å². The Bertz CT molecular complexity index is 492. The van der Waals surface area contributed by atoms with Gasteiger partial charge in [-0.25, -0.2) is 0 Å². The van der Waals surface area contributed by atoms with Gasteiger partial charge in [-0.2, -0.15) is 0 Å². The normalized spacial score (nSPS) is 10.7. The minimum absolute atomic E-state index is 0.607. The van der Waals surface area contributed by atoms with Gasteiger partial charge < -0.3 is 4.43 Å². The van der Waals surface area contributed by atoms with Crippen molar-refractivity contribution >= 4 is 48.6 Å². The monoisotopic (exact) mass is 309 g/mol. The zero-order valence-corrected chi connectivity index (χ0v) is 12.4. The quantitative estimate of drug-likeness (QED) is 0.639. The molecule has 0 aliphatic carbocycles. The van der Waals surface area contributed by atoms with Crippen LogP contribution in [0, 0.1) is 0 Å². The topological polar surface area (TPSA) is 26.3 Å². The summed E-state index contributed by atoms with van der Waals surface area (Å²) in [5, 5.41) is 1.95. The van der Waals surface area contributed by atoms with Gasteiger partial charge in [0.1, 0.15) is 0 Å². The summed E-state index contributed by atoms with van der Waals surface area (Å²) in [6.45, 7) is 0. The van der Waals surface area contributed by atoms with Gasteiger partial charge >= 0.3 is 15.0 Å². The molecule has 2 nitrogen and oxygen atoms in total. The third-order valence-corrected chi connectivity index (χ3v) is 4.93. The number of hydrogen-bond donors (Lipinski definition) is 0. The molecule has 0 amide bonds. The van der Waals surface area contributed by atoms with Crippen molar-refractivity contribution in [2.75, 3.05) is 0 Å². The van der Waals surface area contributed by atoms with Crippen LogP contribution in [0.1, 0.15) is 0 Å². The first kappa shape index (κ1) is 14.1. The molecule has 2 aromatic carbocycles. The molecule has 0 aromatic heterocycles. The smallest absolute Gasteiger partial charge is 0.356 e. The third-order valence-electron chi connectivity index (χ3n) is 2.45. The second kappa shape index (κ2) is 6.75. The summed E-state index contributed by atoms with van der Waals surface area (Å²) >= 11 is 11.1. The number of alkyl halides is 2. The lowest BCUT2D eigenvalue weighted by molar-refractivity contribution is -0.132. The van der Waals surface area contributed by atoms with Crippen LogP contribution in [-0.2, 0) is 9.22 Å². The maximum absolute atomic E-state index is 11.6. The average molecular weight is 310 g/mol. The van der Waals surface area contributed by atoms with E-state index in [9.17, 15) is 4.79 Å². The molecule has 0 spiro atoms. The highest BCUT2D eigenvalue weighted by atomic mass is 35.5. The van der Waals surface area contributed by atoms with E-state index in [4.69, 9.17) is 27.6 Å². The maximum Gasteiger partial charge on any atom is 0.356 e. The summed E-state index contributed by atoms with van der Waals surface area (Å²) < 4.78 is 5.48. The Kier molecular flexibility index (Phi) is 5.02. The van der Waals surface area contributed by atoms with E-state index in [0.29, 0.717) is 0 Å². The lowest BCUT2D eigenvalue weighted by atomic mass is 10.4. The molecule has 97 valence electrons. The van der Waals surface area contributed by atoms with Gasteiger partial charge in [0.15, 0.2) is 0 Å². The zero-order chi connectivity index (χ0) is 13.7. The molecule has 0 heterocycles. The molecule has 0 fully saturated rings. The predicted octanol–water partition coefficient (Wildman–Crippen LogP) is 2.14. The Hall–Kier alpha value is -1.29. The van der Waals surface area contributed by atoms with E-state index in [-0.39, 0.29) is 0 Å². The van der Waals surface area contributed by atoms with Crippen molar-refractivity contribution < 1.29 is 9.22 Å². The first-order valence-corrected chi connectivity index (χ1v) is 7.94. The Morgan fingerprint density at radius 2 is 1.32 bits per heavy atom. The number of carbonyl (C=O) groups excluding carboxylic acids is 1. The summed E-state index contributed by atoms with van der Waals surface area (Å²) in [7, 11) is -1.66. The summed E-state index contributed by atoms with van der Waals surface area (Å²) in [4.78, 5) is 10.5. The van der Waals surface area contributed by atoms with E-state index in [0.717, 1.165) is 10.4 Å². The Balaban J connectivity index is 2.32. The van der Waals surface area contributed by atoms with Crippen molar-refractivity contribution in [2.24, 2.45) is 0 Å². The maximum atomic E-state index is 11.6. The van der Waals surface area contributed by atoms with Crippen molar-refractivity contribution in [3.05, 3.63) is 60.7 Å². The highest BCUT2D eigenvalue weighted by molar-refractivity contribution is 6.81. The van der Waals surface area contributed by atoms with Crippen LogP contribution in [0.3, 0.4) is 0 Å². The van der Waals surface area contributed by atoms with Gasteiger partial charge in [0.2, 0.25) is 4.84 Å². The van der Waals surface area contributed by atoms with Crippen LogP contribution in [0.4, 0.5) is 0 Å². The molecule has 0 bridgehead atoms. The molecular weight excluding hydrogens is 299 g/mol. The zero-order valence-electron chi connectivity index (χ0n) is 9.92. The van der Waals surface area contributed by atoms with Gasteiger partial charge in [-0.1, -0.05) is 83.9 Å². The number of rotatable bonds is 4. The number of hydrogen-bond acceptors (Lipinski definition) is 2. The van der Waals surface area contributed by atoms with Crippen molar-refractivity contribution in [3.63, 3.8) is 0 Å². The Labute approximate surface area is 123 Å². The Morgan fingerprint density at radius 1 is 0.895 bits per heavy atom. The molecule has 2 aromatic rings. The minimum atomic E-state index is -1.66. The summed E-state index contributed by atoms with van der Waals surface area (Å²) in [6, 6.07) is 19.2. The average Bonchev–Trinajstić information content (AvgIpc) is 2.46. The first-order chi connectivity index (χ1) is 9.18. The second-order valence-corrected chi connectivity index (χ2v) is 6.90. The molecule has 0 atom stereocenters. The van der Waals surface area contributed by atoms with Crippen LogP contribution in [0.15, 0.2) is 60.7 Å². The van der Waals surface area contributed by atoms with Crippen molar-refractivity contribution in [2.45, 2.75) is 4.84 Å². The second-order valence-electron chi connectivity index (χ2n) is 3.78. The van der Waals surface area contributed by atoms with Crippen LogP contribution in [0.5, 0.6) is 0 Å². The van der Waals surface area contributed by atoms with E-state index in [2.05, 4.69) is 0 Å². The molecule has 0 aliphatic heterocycles. The van der Waals surface area contributed by atoms with Gasteiger partial charge in [-0.3, -0.25) is 4.79 Å². The molecule has 0 saturated carbocycles. The van der Waals surface area contributed by atoms with Crippen LogP contribution in [-0.4, -0.2) is 19.8 Å². The fourth-order valence-electron chi connectivity index (χ4n) is 1.61. The summed E-state index contributed by atoms with van der Waals surface area (Å²) in [5.41, 5.74) is 0. The predicted molar refractivity (Wildman–Crippen MR) is 79.5 cm³/mol. The fourth-order valence-corrected chi connectivity index (χ4v) is 3.73. The highest BCUT2D eigenvalue weighted by Crippen LogP contribution is 2.05. The van der Waals surface area contributed by atoms with Crippen LogP contribution in [0.2, 0.25) is 0 Å². The van der Waals surface area contributed by atoms with Gasteiger partial charge in [0, 0.05) is 0 Å². The molecule has 0 saturated heterocycles. The molecular formula is C14H11Cl2O2Si. The summed E-state index contributed by atoms with van der Waals surface area (Å²) in [5.74, 6) is -0.607. The largest absolute Gasteiger partial charge is 0.506 e. The molecule has 0 unspecified atom stereocenters. The van der Waals surface area contributed by atoms with Gasteiger partial charge in [-0.05, 0) is 10.4 Å². The van der Waals surface area contributed by atoms with Gasteiger partial charge in [0.25, 0.3) is 0 Å². The van der Waals surface area contributed by atoms with E-state index < -0.39 is 19.8 Å². The third kappa shape index (κ3) is 3.83. The van der Waals surface area contributed by atoms with Gasteiger partial charge in [-0.15, -0.1) is 0 Å². The van der Waals surface area contributed by atoms with E-state index in [1.54, 1.807) is 0 Å². The number of halogens is 2. The van der Waals surface area contributed by atoms with Crippen LogP contribution < -0.4 is 10.4 Å². The van der Waals surface area contributed by atoms with Crippen molar-refractivity contribution in [1.29, 1.82) is 0 Å². The van der Waals surface area contributed by atoms with Crippen molar-refractivity contribution in [3.8, 4) is 0 Å². The molecule has 2 rings (SSSR count). The lowest BCUT2D eigenvalue weighted by Gasteiger charge is -2.16. The summed E-state index contributed by atoms with van der Waals surface area (Å²) in [6.07, 6.45) is 0. The fraction of sp³-hybridized carbons (Fsp3) is 0.0714. The number of benzene rings is 2. The molecule has 19 heavy (non-hydrogen) atoms. The highest BCUT2D eigenvalue weighted by Gasteiger charge is 2.26.